The first-order chi connectivity index (χ1) is 9.60. The van der Waals surface area contributed by atoms with Crippen molar-refractivity contribution in [2.45, 2.75) is 38.3 Å². The van der Waals surface area contributed by atoms with E-state index in [0.29, 0.717) is 23.9 Å². The van der Waals surface area contributed by atoms with Crippen molar-refractivity contribution in [1.29, 1.82) is 0 Å². The fourth-order valence-corrected chi connectivity index (χ4v) is 2.90. The molecule has 0 heterocycles. The Morgan fingerprint density at radius 2 is 2.24 bits per heavy atom. The minimum absolute atomic E-state index is 0. The molecule has 1 aromatic carbocycles. The summed E-state index contributed by atoms with van der Waals surface area (Å²) >= 11 is 5.96. The number of carbonyl (C=O) groups is 1. The Kier molecular flexibility index (Phi) is 7.29. The second-order valence-corrected chi connectivity index (χ2v) is 5.73. The summed E-state index contributed by atoms with van der Waals surface area (Å²) in [5, 5.41) is 3.55. The van der Waals surface area contributed by atoms with Crippen LogP contribution >= 0.6 is 24.0 Å². The topological polar surface area (TPSA) is 64.3 Å². The van der Waals surface area contributed by atoms with Gasteiger partial charge in [-0.1, -0.05) is 18.0 Å². The number of hydrogen-bond donors (Lipinski definition) is 2. The largest absolute Gasteiger partial charge is 0.496 e. The van der Waals surface area contributed by atoms with Gasteiger partial charge in [0.05, 0.1) is 7.11 Å². The highest BCUT2D eigenvalue weighted by molar-refractivity contribution is 6.30. The van der Waals surface area contributed by atoms with E-state index in [4.69, 9.17) is 22.1 Å². The van der Waals surface area contributed by atoms with Gasteiger partial charge in [-0.05, 0) is 37.0 Å². The zero-order valence-electron chi connectivity index (χ0n) is 12.1. The summed E-state index contributed by atoms with van der Waals surface area (Å²) in [7, 11) is 1.60. The highest BCUT2D eigenvalue weighted by Crippen LogP contribution is 2.27. The predicted octanol–water partition coefficient (Wildman–Crippen LogP) is 2.90. The molecule has 1 aliphatic carbocycles. The number of nitrogens with two attached hydrogens (primary N) is 1. The van der Waals surface area contributed by atoms with Gasteiger partial charge in [-0.15, -0.1) is 12.4 Å². The summed E-state index contributed by atoms with van der Waals surface area (Å²) in [4.78, 5) is 12.0. The lowest BCUT2D eigenvalue weighted by Crippen LogP contribution is -2.31. The number of halogens is 2. The molecule has 1 fully saturated rings. The molecular formula is C15H22Cl2N2O2. The van der Waals surface area contributed by atoms with Gasteiger partial charge in [0.15, 0.2) is 0 Å². The van der Waals surface area contributed by atoms with Crippen LogP contribution in [-0.4, -0.2) is 19.1 Å². The molecule has 2 rings (SSSR count). The number of methoxy groups -OCH3 is 1. The standard InChI is InChI=1S/C15H21ClN2O2.ClH/c1-20-14-6-5-12(16)7-11(14)9-18-15(19)8-10-3-2-4-13(10)17;/h5-7,10,13H,2-4,8-9,17H2,1H3,(H,18,19);1H/t10-,13+;/m0./s1. The van der Waals surface area contributed by atoms with E-state index in [1.54, 1.807) is 19.2 Å². The van der Waals surface area contributed by atoms with Gasteiger partial charge in [-0.2, -0.15) is 0 Å². The number of nitrogens with one attached hydrogen (secondary N) is 1. The van der Waals surface area contributed by atoms with Crippen LogP contribution in [0, 0.1) is 5.92 Å². The summed E-state index contributed by atoms with van der Waals surface area (Å²) in [5.74, 6) is 1.08. The van der Waals surface area contributed by atoms with E-state index in [0.717, 1.165) is 30.6 Å². The lowest BCUT2D eigenvalue weighted by Gasteiger charge is -2.15. The first-order valence-corrected chi connectivity index (χ1v) is 7.32. The molecule has 0 radical (unpaired) electrons. The van der Waals surface area contributed by atoms with Crippen LogP contribution < -0.4 is 15.8 Å². The Hall–Kier alpha value is -0.970. The molecule has 0 spiro atoms. The average Bonchev–Trinajstić information content (AvgIpc) is 2.82. The number of carbonyl (C=O) groups excluding carboxylic acids is 1. The van der Waals surface area contributed by atoms with E-state index >= 15 is 0 Å². The van der Waals surface area contributed by atoms with Crippen LogP contribution in [0.5, 0.6) is 5.75 Å². The molecule has 21 heavy (non-hydrogen) atoms. The molecule has 4 nitrogen and oxygen atoms in total. The second kappa shape index (κ2) is 8.47. The van der Waals surface area contributed by atoms with Crippen molar-refractivity contribution in [3.05, 3.63) is 28.8 Å². The van der Waals surface area contributed by atoms with Crippen molar-refractivity contribution >= 4 is 29.9 Å². The molecule has 0 aliphatic heterocycles. The molecule has 0 bridgehead atoms. The molecule has 1 amide bonds. The summed E-state index contributed by atoms with van der Waals surface area (Å²) in [6, 6.07) is 5.54. The number of ether oxygens (including phenoxy) is 1. The Balaban J connectivity index is 0.00000220. The van der Waals surface area contributed by atoms with E-state index in [-0.39, 0.29) is 24.4 Å². The van der Waals surface area contributed by atoms with Crippen molar-refractivity contribution in [3.8, 4) is 5.75 Å². The highest BCUT2D eigenvalue weighted by atomic mass is 35.5. The number of amides is 1. The summed E-state index contributed by atoms with van der Waals surface area (Å²) in [6.45, 7) is 0.421. The summed E-state index contributed by atoms with van der Waals surface area (Å²) in [5.41, 5.74) is 6.86. The van der Waals surface area contributed by atoms with Crippen molar-refractivity contribution in [2.75, 3.05) is 7.11 Å². The van der Waals surface area contributed by atoms with Crippen LogP contribution in [0.1, 0.15) is 31.2 Å². The Bertz CT molecular complexity index is 483. The van der Waals surface area contributed by atoms with Crippen LogP contribution in [0.15, 0.2) is 18.2 Å². The monoisotopic (exact) mass is 332 g/mol. The molecule has 1 saturated carbocycles. The maximum atomic E-state index is 12.0. The van der Waals surface area contributed by atoms with E-state index < -0.39 is 0 Å². The fraction of sp³-hybridized carbons (Fsp3) is 0.533. The smallest absolute Gasteiger partial charge is 0.220 e. The third kappa shape index (κ3) is 5.06. The van der Waals surface area contributed by atoms with E-state index in [9.17, 15) is 4.79 Å². The van der Waals surface area contributed by atoms with Crippen LogP contribution in [0.2, 0.25) is 5.02 Å². The molecule has 6 heteroatoms. The van der Waals surface area contributed by atoms with E-state index in [1.165, 1.54) is 0 Å². The zero-order valence-corrected chi connectivity index (χ0v) is 13.7. The maximum absolute atomic E-state index is 12.0. The lowest BCUT2D eigenvalue weighted by atomic mass is 10.00. The Labute approximate surface area is 136 Å². The maximum Gasteiger partial charge on any atom is 0.220 e. The minimum Gasteiger partial charge on any atom is -0.496 e. The van der Waals surface area contributed by atoms with Gasteiger partial charge >= 0.3 is 0 Å². The second-order valence-electron chi connectivity index (χ2n) is 5.29. The number of hydrogen-bond acceptors (Lipinski definition) is 3. The molecule has 3 N–H and O–H groups in total. The van der Waals surface area contributed by atoms with Crippen molar-refractivity contribution in [2.24, 2.45) is 11.7 Å². The SMILES string of the molecule is COc1ccc(Cl)cc1CNC(=O)C[C@@H]1CCC[C@H]1N.Cl. The van der Waals surface area contributed by atoms with Gasteiger partial charge in [0.2, 0.25) is 5.91 Å². The Morgan fingerprint density at radius 1 is 1.48 bits per heavy atom. The predicted molar refractivity (Wildman–Crippen MR) is 87.0 cm³/mol. The van der Waals surface area contributed by atoms with Crippen LogP contribution in [-0.2, 0) is 11.3 Å². The van der Waals surface area contributed by atoms with Gasteiger partial charge in [0.25, 0.3) is 0 Å². The van der Waals surface area contributed by atoms with Crippen LogP contribution in [0.25, 0.3) is 0 Å². The van der Waals surface area contributed by atoms with Gasteiger partial charge in [0, 0.05) is 29.6 Å². The first kappa shape index (κ1) is 18.1. The molecular weight excluding hydrogens is 311 g/mol. The van der Waals surface area contributed by atoms with Gasteiger partial charge in [-0.25, -0.2) is 0 Å². The molecule has 118 valence electrons. The van der Waals surface area contributed by atoms with Crippen molar-refractivity contribution in [3.63, 3.8) is 0 Å². The average molecular weight is 333 g/mol. The normalized spacial score (nSPS) is 20.7. The summed E-state index contributed by atoms with van der Waals surface area (Å²) < 4.78 is 5.25. The third-order valence-corrected chi connectivity index (χ3v) is 4.12. The number of benzene rings is 1. The van der Waals surface area contributed by atoms with Gasteiger partial charge < -0.3 is 15.8 Å². The minimum atomic E-state index is 0. The van der Waals surface area contributed by atoms with Crippen molar-refractivity contribution < 1.29 is 9.53 Å². The van der Waals surface area contributed by atoms with E-state index in [1.807, 2.05) is 6.07 Å². The summed E-state index contributed by atoms with van der Waals surface area (Å²) in [6.07, 6.45) is 3.71. The first-order valence-electron chi connectivity index (χ1n) is 6.95. The molecule has 2 atom stereocenters. The molecule has 0 saturated heterocycles. The van der Waals surface area contributed by atoms with Crippen molar-refractivity contribution in [1.82, 2.24) is 5.32 Å². The molecule has 1 aliphatic rings. The zero-order chi connectivity index (χ0) is 14.5. The highest BCUT2D eigenvalue weighted by Gasteiger charge is 2.25. The Morgan fingerprint density at radius 3 is 2.86 bits per heavy atom. The third-order valence-electron chi connectivity index (χ3n) is 3.88. The fourth-order valence-electron chi connectivity index (χ4n) is 2.71. The van der Waals surface area contributed by atoms with Gasteiger partial charge in [0.1, 0.15) is 5.75 Å². The molecule has 0 unspecified atom stereocenters. The molecule has 1 aromatic rings. The van der Waals surface area contributed by atoms with E-state index in [2.05, 4.69) is 5.32 Å². The lowest BCUT2D eigenvalue weighted by molar-refractivity contribution is -0.122. The molecule has 0 aromatic heterocycles. The van der Waals surface area contributed by atoms with Gasteiger partial charge in [-0.3, -0.25) is 4.79 Å². The number of rotatable bonds is 5. The van der Waals surface area contributed by atoms with Crippen LogP contribution in [0.3, 0.4) is 0 Å². The van der Waals surface area contributed by atoms with Crippen LogP contribution in [0.4, 0.5) is 0 Å². The quantitative estimate of drug-likeness (QED) is 0.871.